The molecule has 1 aliphatic heterocycles. The Hall–Kier alpha value is -2.90. The van der Waals surface area contributed by atoms with Gasteiger partial charge in [0.25, 0.3) is 0 Å². The number of carbonyl (C=O) groups excluding carboxylic acids is 3. The molecule has 1 N–H and O–H groups in total. The Morgan fingerprint density at radius 3 is 2.57 bits per heavy atom. The quantitative estimate of drug-likeness (QED) is 0.506. The Kier molecular flexibility index (Phi) is 5.02. The first-order valence-electron chi connectivity index (χ1n) is 8.53. The lowest BCUT2D eigenvalue weighted by Gasteiger charge is -2.12. The van der Waals surface area contributed by atoms with Crippen molar-refractivity contribution in [3.63, 3.8) is 0 Å². The van der Waals surface area contributed by atoms with Gasteiger partial charge in [0.1, 0.15) is 6.61 Å². The number of urea groups is 1. The molecule has 0 radical (unpaired) electrons. The minimum Gasteiger partial charge on any atom is -0.456 e. The Morgan fingerprint density at radius 2 is 1.89 bits per heavy atom. The van der Waals surface area contributed by atoms with E-state index in [1.165, 1.54) is 11.3 Å². The third kappa shape index (κ3) is 3.58. The number of nitrogens with zero attached hydrogens (tertiary/aromatic N) is 1. The van der Waals surface area contributed by atoms with Crippen molar-refractivity contribution in [3.8, 4) is 0 Å². The van der Waals surface area contributed by atoms with E-state index in [1.54, 1.807) is 24.3 Å². The van der Waals surface area contributed by atoms with E-state index in [0.717, 1.165) is 25.4 Å². The Balaban J connectivity index is 1.40. The van der Waals surface area contributed by atoms with Crippen LogP contribution in [0.3, 0.4) is 0 Å². The summed E-state index contributed by atoms with van der Waals surface area (Å²) in [5.41, 5.74) is 1.13. The van der Waals surface area contributed by atoms with Crippen LogP contribution >= 0.6 is 22.9 Å². The summed E-state index contributed by atoms with van der Waals surface area (Å²) in [5.74, 6) is -0.733. The van der Waals surface area contributed by atoms with E-state index >= 15 is 0 Å². The Labute approximate surface area is 169 Å². The largest absolute Gasteiger partial charge is 0.456 e. The highest BCUT2D eigenvalue weighted by molar-refractivity contribution is 7.19. The van der Waals surface area contributed by atoms with Crippen LogP contribution < -0.4 is 5.32 Å². The summed E-state index contributed by atoms with van der Waals surface area (Å²) in [5, 5.41) is 4.03. The van der Waals surface area contributed by atoms with Crippen LogP contribution in [0.25, 0.3) is 10.1 Å². The number of amides is 3. The highest BCUT2D eigenvalue weighted by Crippen LogP contribution is 2.35. The number of ether oxygens (including phenoxy) is 1. The van der Waals surface area contributed by atoms with Gasteiger partial charge in [0.2, 0.25) is 5.91 Å². The molecule has 0 bridgehead atoms. The molecule has 8 heteroatoms. The van der Waals surface area contributed by atoms with Crippen LogP contribution in [0.5, 0.6) is 0 Å². The maximum atomic E-state index is 12.3. The molecule has 0 unspecified atom stereocenters. The van der Waals surface area contributed by atoms with Crippen LogP contribution in [0, 0.1) is 0 Å². The number of nitrogens with one attached hydrogen (secondary N) is 1. The maximum Gasteiger partial charge on any atom is 0.338 e. The van der Waals surface area contributed by atoms with Crippen molar-refractivity contribution in [2.75, 3.05) is 6.54 Å². The van der Waals surface area contributed by atoms with Crippen molar-refractivity contribution >= 4 is 50.9 Å². The van der Waals surface area contributed by atoms with Crippen molar-refractivity contribution in [3.05, 3.63) is 69.6 Å². The van der Waals surface area contributed by atoms with Gasteiger partial charge in [-0.15, -0.1) is 11.3 Å². The zero-order valence-electron chi connectivity index (χ0n) is 14.6. The van der Waals surface area contributed by atoms with E-state index in [-0.39, 0.29) is 25.6 Å². The number of esters is 1. The van der Waals surface area contributed by atoms with E-state index in [9.17, 15) is 14.4 Å². The van der Waals surface area contributed by atoms with E-state index in [1.807, 2.05) is 24.3 Å². The standard InChI is InChI=1S/C20H15ClN2O4S/c21-18-14-3-1-2-4-15(14)28-16(18)11-27-19(25)13-7-5-12(6-8-13)10-23-17(24)9-22-20(23)26/h1-8H,9-11H2,(H,22,26). The number of rotatable bonds is 5. The number of hydrogen-bond donors (Lipinski definition) is 1. The topological polar surface area (TPSA) is 75.7 Å². The zero-order chi connectivity index (χ0) is 19.7. The Bertz CT molecular complexity index is 1060. The monoisotopic (exact) mass is 414 g/mol. The van der Waals surface area contributed by atoms with Gasteiger partial charge in [-0.25, -0.2) is 9.59 Å². The molecule has 142 valence electrons. The van der Waals surface area contributed by atoms with Crippen LogP contribution in [-0.4, -0.2) is 29.4 Å². The minimum absolute atomic E-state index is 0.0174. The first kappa shape index (κ1) is 18.5. The van der Waals surface area contributed by atoms with Gasteiger partial charge in [-0.1, -0.05) is 41.9 Å². The summed E-state index contributed by atoms with van der Waals surface area (Å²) < 4.78 is 6.44. The van der Waals surface area contributed by atoms with E-state index < -0.39 is 12.0 Å². The third-order valence-electron chi connectivity index (χ3n) is 4.40. The SMILES string of the molecule is O=C(OCc1sc2ccccc2c1Cl)c1ccc(CN2C(=O)CNC2=O)cc1. The molecule has 0 spiro atoms. The summed E-state index contributed by atoms with van der Waals surface area (Å²) in [7, 11) is 0. The smallest absolute Gasteiger partial charge is 0.338 e. The molecule has 0 saturated carbocycles. The summed E-state index contributed by atoms with van der Waals surface area (Å²) in [6, 6.07) is 14.0. The molecule has 1 aliphatic rings. The number of thiophene rings is 1. The predicted molar refractivity (Wildman–Crippen MR) is 106 cm³/mol. The molecule has 1 saturated heterocycles. The molecule has 1 fully saturated rings. The average Bonchev–Trinajstić information content (AvgIpc) is 3.20. The molecule has 3 amide bonds. The fourth-order valence-corrected chi connectivity index (χ4v) is 4.32. The predicted octanol–water partition coefficient (Wildman–Crippen LogP) is 3.96. The van der Waals surface area contributed by atoms with Crippen LogP contribution in [0.15, 0.2) is 48.5 Å². The van der Waals surface area contributed by atoms with Gasteiger partial charge in [-0.3, -0.25) is 9.69 Å². The van der Waals surface area contributed by atoms with E-state index in [2.05, 4.69) is 5.32 Å². The number of fused-ring (bicyclic) bond motifs is 1. The van der Waals surface area contributed by atoms with Crippen LogP contribution in [-0.2, 0) is 22.7 Å². The van der Waals surface area contributed by atoms with Crippen molar-refractivity contribution in [2.24, 2.45) is 0 Å². The maximum absolute atomic E-state index is 12.3. The van der Waals surface area contributed by atoms with E-state index in [4.69, 9.17) is 16.3 Å². The lowest BCUT2D eigenvalue weighted by Crippen LogP contribution is -2.30. The molecule has 6 nitrogen and oxygen atoms in total. The number of carbonyl (C=O) groups is 3. The molecule has 1 aromatic heterocycles. The van der Waals surface area contributed by atoms with Crippen LogP contribution in [0.2, 0.25) is 5.02 Å². The molecular weight excluding hydrogens is 400 g/mol. The van der Waals surface area contributed by atoms with Crippen LogP contribution in [0.4, 0.5) is 4.79 Å². The number of benzene rings is 2. The number of halogens is 1. The van der Waals surface area contributed by atoms with Crippen molar-refractivity contribution < 1.29 is 19.1 Å². The van der Waals surface area contributed by atoms with Gasteiger partial charge in [-0.2, -0.15) is 0 Å². The molecule has 2 aromatic carbocycles. The number of hydrogen-bond acceptors (Lipinski definition) is 5. The second kappa shape index (κ2) is 7.61. The second-order valence-corrected chi connectivity index (χ2v) is 7.76. The lowest BCUT2D eigenvalue weighted by atomic mass is 10.1. The highest BCUT2D eigenvalue weighted by atomic mass is 35.5. The lowest BCUT2D eigenvalue weighted by molar-refractivity contribution is -0.125. The third-order valence-corrected chi connectivity index (χ3v) is 6.09. The van der Waals surface area contributed by atoms with Crippen molar-refractivity contribution in [1.82, 2.24) is 10.2 Å². The Morgan fingerprint density at radius 1 is 1.14 bits per heavy atom. The summed E-state index contributed by atoms with van der Waals surface area (Å²) >= 11 is 7.86. The second-order valence-electron chi connectivity index (χ2n) is 6.25. The fraction of sp³-hybridized carbons (Fsp3) is 0.150. The summed E-state index contributed by atoms with van der Waals surface area (Å²) in [6.07, 6.45) is 0. The molecule has 4 rings (SSSR count). The van der Waals surface area contributed by atoms with Crippen molar-refractivity contribution in [1.29, 1.82) is 0 Å². The molecule has 0 atom stereocenters. The first-order chi connectivity index (χ1) is 13.5. The minimum atomic E-state index is -0.463. The van der Waals surface area contributed by atoms with Gasteiger partial charge in [0, 0.05) is 10.1 Å². The van der Waals surface area contributed by atoms with Gasteiger partial charge < -0.3 is 10.1 Å². The number of imide groups is 1. The van der Waals surface area contributed by atoms with Gasteiger partial charge in [0.05, 0.1) is 28.6 Å². The fourth-order valence-electron chi connectivity index (χ4n) is 2.92. The zero-order valence-corrected chi connectivity index (χ0v) is 16.2. The summed E-state index contributed by atoms with van der Waals surface area (Å²) in [4.78, 5) is 37.5. The molecular formula is C20H15ClN2O4S. The summed E-state index contributed by atoms with van der Waals surface area (Å²) in [6.45, 7) is 0.280. The van der Waals surface area contributed by atoms with Gasteiger partial charge in [-0.05, 0) is 23.8 Å². The molecule has 3 aromatic rings. The first-order valence-corrected chi connectivity index (χ1v) is 9.72. The molecule has 0 aliphatic carbocycles. The van der Waals surface area contributed by atoms with Crippen LogP contribution in [0.1, 0.15) is 20.8 Å². The van der Waals surface area contributed by atoms with E-state index in [0.29, 0.717) is 10.6 Å². The molecule has 28 heavy (non-hydrogen) atoms. The molecule has 2 heterocycles. The van der Waals surface area contributed by atoms with Gasteiger partial charge in [0.15, 0.2) is 0 Å². The van der Waals surface area contributed by atoms with Crippen molar-refractivity contribution in [2.45, 2.75) is 13.2 Å². The average molecular weight is 415 g/mol. The normalized spacial score (nSPS) is 13.8. The van der Waals surface area contributed by atoms with Gasteiger partial charge >= 0.3 is 12.0 Å². The highest BCUT2D eigenvalue weighted by Gasteiger charge is 2.28.